The molecule has 0 spiro atoms. The first-order valence-corrected chi connectivity index (χ1v) is 5.58. The lowest BCUT2D eigenvalue weighted by Gasteiger charge is -2.32. The Morgan fingerprint density at radius 2 is 2.06 bits per heavy atom. The van der Waals surface area contributed by atoms with Crippen molar-refractivity contribution in [1.29, 1.82) is 0 Å². The molecule has 1 amide bonds. The number of aliphatic carboxylic acids is 1. The Kier molecular flexibility index (Phi) is 3.37. The molecule has 1 fully saturated rings. The van der Waals surface area contributed by atoms with E-state index in [0.29, 0.717) is 31.5 Å². The number of pyridine rings is 1. The highest BCUT2D eigenvalue weighted by atomic mass is 16.4. The molecule has 1 aromatic rings. The Balaban J connectivity index is 1.98. The fourth-order valence-electron chi connectivity index (χ4n) is 1.99. The van der Waals surface area contributed by atoms with E-state index in [4.69, 9.17) is 0 Å². The molecule has 0 atom stereocenters. The van der Waals surface area contributed by atoms with Crippen LogP contribution in [0, 0.1) is 5.92 Å². The van der Waals surface area contributed by atoms with Crippen molar-refractivity contribution in [3.8, 4) is 0 Å². The number of likely N-dealkylation sites (tertiary alicyclic amines) is 1. The molecule has 90 valence electrons. The molecule has 1 aliphatic rings. The number of carboxylic acid groups (broad SMARTS) is 1. The lowest BCUT2D eigenvalue weighted by Crippen LogP contribution is -2.43. The number of hydrogen-bond donors (Lipinski definition) is 0. The molecule has 1 aliphatic heterocycles. The first-order chi connectivity index (χ1) is 8.18. The van der Waals surface area contributed by atoms with Crippen LogP contribution < -0.4 is 5.11 Å². The maximum atomic E-state index is 12.0. The van der Waals surface area contributed by atoms with Gasteiger partial charge in [-0.05, 0) is 25.0 Å². The quantitative estimate of drug-likeness (QED) is 0.702. The second-order valence-corrected chi connectivity index (χ2v) is 4.13. The van der Waals surface area contributed by atoms with Gasteiger partial charge in [-0.15, -0.1) is 0 Å². The van der Waals surface area contributed by atoms with Crippen LogP contribution in [0.4, 0.5) is 0 Å². The third kappa shape index (κ3) is 2.61. The standard InChI is InChI=1S/C12H14N2O3/c15-11(10-2-1-5-13-8-10)14-6-3-9(4-7-14)12(16)17/h1-2,5,8-9H,3-4,6-7H2,(H,16,17)/p-1. The number of carboxylic acids is 1. The molecule has 0 radical (unpaired) electrons. The number of carbonyl (C=O) groups excluding carboxylic acids is 2. The van der Waals surface area contributed by atoms with Gasteiger partial charge in [0.2, 0.25) is 0 Å². The Morgan fingerprint density at radius 1 is 1.35 bits per heavy atom. The van der Waals surface area contributed by atoms with Gasteiger partial charge < -0.3 is 14.8 Å². The maximum absolute atomic E-state index is 12.0. The first-order valence-electron chi connectivity index (χ1n) is 5.58. The normalized spacial score (nSPS) is 16.8. The molecule has 2 heterocycles. The monoisotopic (exact) mass is 233 g/mol. The largest absolute Gasteiger partial charge is 0.550 e. The number of rotatable bonds is 2. The summed E-state index contributed by atoms with van der Waals surface area (Å²) in [6.07, 6.45) is 4.06. The van der Waals surface area contributed by atoms with Crippen LogP contribution in [0.5, 0.6) is 0 Å². The Hall–Kier alpha value is -1.91. The molecule has 0 bridgehead atoms. The van der Waals surface area contributed by atoms with E-state index in [9.17, 15) is 14.7 Å². The number of hydrogen-bond acceptors (Lipinski definition) is 4. The van der Waals surface area contributed by atoms with E-state index >= 15 is 0 Å². The van der Waals surface area contributed by atoms with Crippen molar-refractivity contribution in [3.05, 3.63) is 30.1 Å². The molecule has 5 nitrogen and oxygen atoms in total. The summed E-state index contributed by atoms with van der Waals surface area (Å²) in [5.41, 5.74) is 0.541. The van der Waals surface area contributed by atoms with Gasteiger partial charge in [0, 0.05) is 37.4 Å². The smallest absolute Gasteiger partial charge is 0.255 e. The van der Waals surface area contributed by atoms with Gasteiger partial charge in [-0.2, -0.15) is 0 Å². The Labute approximate surface area is 99.1 Å². The van der Waals surface area contributed by atoms with Gasteiger partial charge in [0.05, 0.1) is 5.56 Å². The van der Waals surface area contributed by atoms with E-state index in [0.717, 1.165) is 0 Å². The molecular weight excluding hydrogens is 220 g/mol. The van der Waals surface area contributed by atoms with E-state index in [1.807, 2.05) is 0 Å². The van der Waals surface area contributed by atoms with Gasteiger partial charge in [0.1, 0.15) is 0 Å². The fraction of sp³-hybridized carbons (Fsp3) is 0.417. The van der Waals surface area contributed by atoms with Crippen LogP contribution in [-0.2, 0) is 4.79 Å². The van der Waals surface area contributed by atoms with Crippen LogP contribution in [0.3, 0.4) is 0 Å². The van der Waals surface area contributed by atoms with Crippen LogP contribution in [0.2, 0.25) is 0 Å². The van der Waals surface area contributed by atoms with Gasteiger partial charge in [-0.25, -0.2) is 0 Å². The molecule has 1 saturated heterocycles. The van der Waals surface area contributed by atoms with Crippen molar-refractivity contribution in [2.45, 2.75) is 12.8 Å². The molecule has 0 N–H and O–H groups in total. The highest BCUT2D eigenvalue weighted by Crippen LogP contribution is 2.18. The Bertz CT molecular complexity index is 411. The summed E-state index contributed by atoms with van der Waals surface area (Å²) in [4.78, 5) is 28.2. The van der Waals surface area contributed by atoms with Crippen LogP contribution in [0.15, 0.2) is 24.5 Å². The van der Waals surface area contributed by atoms with E-state index in [-0.39, 0.29) is 5.91 Å². The Morgan fingerprint density at radius 3 is 2.59 bits per heavy atom. The van der Waals surface area contributed by atoms with E-state index < -0.39 is 11.9 Å². The van der Waals surface area contributed by atoms with Gasteiger partial charge in [-0.1, -0.05) is 0 Å². The third-order valence-corrected chi connectivity index (χ3v) is 3.02. The highest BCUT2D eigenvalue weighted by Gasteiger charge is 2.24. The highest BCUT2D eigenvalue weighted by molar-refractivity contribution is 5.94. The molecule has 5 heteroatoms. The van der Waals surface area contributed by atoms with Gasteiger partial charge in [0.15, 0.2) is 0 Å². The molecular formula is C12H13N2O3-. The van der Waals surface area contributed by atoms with Crippen molar-refractivity contribution >= 4 is 11.9 Å². The van der Waals surface area contributed by atoms with Crippen LogP contribution in [0.25, 0.3) is 0 Å². The summed E-state index contributed by atoms with van der Waals surface area (Å²) in [5.74, 6) is -1.53. The summed E-state index contributed by atoms with van der Waals surface area (Å²) in [6.45, 7) is 0.929. The molecule has 0 saturated carbocycles. The van der Waals surface area contributed by atoms with E-state index in [1.54, 1.807) is 23.2 Å². The minimum atomic E-state index is -1.02. The zero-order chi connectivity index (χ0) is 12.3. The summed E-state index contributed by atoms with van der Waals surface area (Å²) in [5, 5.41) is 10.7. The SMILES string of the molecule is O=C([O-])C1CCN(C(=O)c2cccnc2)CC1. The minimum Gasteiger partial charge on any atom is -0.550 e. The van der Waals surface area contributed by atoms with Crippen molar-refractivity contribution in [3.63, 3.8) is 0 Å². The van der Waals surface area contributed by atoms with Crippen LogP contribution >= 0.6 is 0 Å². The summed E-state index contributed by atoms with van der Waals surface area (Å²) < 4.78 is 0. The second kappa shape index (κ2) is 4.95. The number of piperidine rings is 1. The number of carbonyl (C=O) groups is 2. The van der Waals surface area contributed by atoms with Gasteiger partial charge in [0.25, 0.3) is 5.91 Å². The summed E-state index contributed by atoms with van der Waals surface area (Å²) in [6, 6.07) is 3.42. The van der Waals surface area contributed by atoms with E-state index in [1.165, 1.54) is 6.20 Å². The van der Waals surface area contributed by atoms with Crippen molar-refractivity contribution in [1.82, 2.24) is 9.88 Å². The zero-order valence-electron chi connectivity index (χ0n) is 9.33. The third-order valence-electron chi connectivity index (χ3n) is 3.02. The van der Waals surface area contributed by atoms with Crippen LogP contribution in [-0.4, -0.2) is 34.8 Å². The van der Waals surface area contributed by atoms with E-state index in [2.05, 4.69) is 4.98 Å². The second-order valence-electron chi connectivity index (χ2n) is 4.13. The molecule has 0 unspecified atom stereocenters. The van der Waals surface area contributed by atoms with Crippen molar-refractivity contribution < 1.29 is 14.7 Å². The predicted octanol–water partition coefficient (Wildman–Crippen LogP) is -0.316. The first kappa shape index (κ1) is 11.6. The van der Waals surface area contributed by atoms with Crippen LogP contribution in [0.1, 0.15) is 23.2 Å². The predicted molar refractivity (Wildman–Crippen MR) is 57.9 cm³/mol. The molecule has 0 aliphatic carbocycles. The van der Waals surface area contributed by atoms with Gasteiger partial charge >= 0.3 is 0 Å². The topological polar surface area (TPSA) is 73.3 Å². The lowest BCUT2D eigenvalue weighted by atomic mass is 9.97. The molecule has 1 aromatic heterocycles. The maximum Gasteiger partial charge on any atom is 0.255 e. The molecule has 17 heavy (non-hydrogen) atoms. The average molecular weight is 233 g/mol. The molecule has 0 aromatic carbocycles. The van der Waals surface area contributed by atoms with Crippen molar-refractivity contribution in [2.75, 3.05) is 13.1 Å². The summed E-state index contributed by atoms with van der Waals surface area (Å²) >= 11 is 0. The van der Waals surface area contributed by atoms with Gasteiger partial charge in [-0.3, -0.25) is 9.78 Å². The molecule has 2 rings (SSSR count). The number of aromatic nitrogens is 1. The van der Waals surface area contributed by atoms with Crippen molar-refractivity contribution in [2.24, 2.45) is 5.92 Å². The minimum absolute atomic E-state index is 0.0881. The number of nitrogens with zero attached hydrogens (tertiary/aromatic N) is 2. The average Bonchev–Trinajstić information content (AvgIpc) is 2.39. The lowest BCUT2D eigenvalue weighted by molar-refractivity contribution is -0.312. The summed E-state index contributed by atoms with van der Waals surface area (Å²) in [7, 11) is 0. The fourth-order valence-corrected chi connectivity index (χ4v) is 1.99. The number of amides is 1. The zero-order valence-corrected chi connectivity index (χ0v) is 9.33.